The van der Waals surface area contributed by atoms with Crippen LogP contribution in [0, 0.1) is 0 Å². The van der Waals surface area contributed by atoms with E-state index in [1.54, 1.807) is 14.2 Å². The topological polar surface area (TPSA) is 35.5 Å². The Morgan fingerprint density at radius 3 is 1.62 bits per heavy atom. The summed E-state index contributed by atoms with van der Waals surface area (Å²) >= 11 is 0. The summed E-state index contributed by atoms with van der Waals surface area (Å²) in [6.07, 6.45) is 0. The molecule has 0 fully saturated rings. The number of carbonyl (C=O) groups excluding carboxylic acids is 1. The molecule has 3 nitrogen and oxygen atoms in total. The third kappa shape index (κ3) is 1.77. The Morgan fingerprint density at radius 1 is 0.810 bits per heavy atom. The average Bonchev–Trinajstić information content (AvgIpc) is 2.51. The van der Waals surface area contributed by atoms with Crippen molar-refractivity contribution in [2.45, 2.75) is 19.3 Å². The second-order valence-corrected chi connectivity index (χ2v) is 5.72. The molecule has 0 radical (unpaired) electrons. The van der Waals surface area contributed by atoms with Gasteiger partial charge in [-0.1, -0.05) is 38.1 Å². The maximum Gasteiger partial charge on any atom is 0.201 e. The number of rotatable bonds is 2. The van der Waals surface area contributed by atoms with Crippen LogP contribution in [0.3, 0.4) is 0 Å². The van der Waals surface area contributed by atoms with Gasteiger partial charge in [0.15, 0.2) is 0 Å². The monoisotopic (exact) mass is 282 g/mol. The highest BCUT2D eigenvalue weighted by molar-refractivity contribution is 6.16. The Morgan fingerprint density at radius 2 is 1.24 bits per heavy atom. The van der Waals surface area contributed by atoms with Gasteiger partial charge in [0, 0.05) is 5.41 Å². The van der Waals surface area contributed by atoms with Crippen molar-refractivity contribution in [2.75, 3.05) is 14.2 Å². The van der Waals surface area contributed by atoms with Crippen LogP contribution in [0.4, 0.5) is 0 Å². The molecule has 0 unspecified atom stereocenters. The molecule has 0 heterocycles. The molecule has 0 atom stereocenters. The molecule has 2 aromatic carbocycles. The number of ketones is 1. The molecule has 0 saturated heterocycles. The first-order chi connectivity index (χ1) is 10.0. The lowest BCUT2D eigenvalue weighted by Gasteiger charge is -2.35. The first kappa shape index (κ1) is 13.7. The largest absolute Gasteiger partial charge is 0.496 e. The van der Waals surface area contributed by atoms with Crippen LogP contribution in [0.1, 0.15) is 40.9 Å². The van der Waals surface area contributed by atoms with Gasteiger partial charge in [0.25, 0.3) is 0 Å². The summed E-state index contributed by atoms with van der Waals surface area (Å²) in [7, 11) is 3.18. The molecule has 0 amide bonds. The van der Waals surface area contributed by atoms with Crippen molar-refractivity contribution < 1.29 is 14.3 Å². The molecule has 1 aliphatic rings. The summed E-state index contributed by atoms with van der Waals surface area (Å²) in [6, 6.07) is 11.5. The quantitative estimate of drug-likeness (QED) is 0.844. The van der Waals surface area contributed by atoms with Gasteiger partial charge in [0.2, 0.25) is 5.78 Å². The van der Waals surface area contributed by atoms with E-state index in [9.17, 15) is 4.79 Å². The Bertz CT molecular complexity index is 670. The third-order valence-corrected chi connectivity index (χ3v) is 4.29. The molecule has 0 N–H and O–H groups in total. The van der Waals surface area contributed by atoms with Gasteiger partial charge < -0.3 is 9.47 Å². The Balaban J connectivity index is 2.39. The van der Waals surface area contributed by atoms with Gasteiger partial charge in [-0.15, -0.1) is 0 Å². The summed E-state index contributed by atoms with van der Waals surface area (Å²) in [5, 5.41) is 0. The summed E-state index contributed by atoms with van der Waals surface area (Å²) in [4.78, 5) is 13.0. The van der Waals surface area contributed by atoms with Gasteiger partial charge in [-0.05, 0) is 23.3 Å². The molecular weight excluding hydrogens is 264 g/mol. The molecule has 21 heavy (non-hydrogen) atoms. The lowest BCUT2D eigenvalue weighted by molar-refractivity contribution is 0.102. The maximum atomic E-state index is 13.0. The van der Waals surface area contributed by atoms with Crippen LogP contribution in [0.25, 0.3) is 0 Å². The number of fused-ring (bicyclic) bond motifs is 2. The number of methoxy groups -OCH3 is 2. The second-order valence-electron chi connectivity index (χ2n) is 5.72. The number of benzene rings is 2. The first-order valence-corrected chi connectivity index (χ1v) is 6.92. The normalized spacial score (nSPS) is 15.1. The fourth-order valence-corrected chi connectivity index (χ4v) is 3.18. The van der Waals surface area contributed by atoms with Gasteiger partial charge in [0.1, 0.15) is 11.5 Å². The van der Waals surface area contributed by atoms with E-state index in [1.807, 2.05) is 36.4 Å². The third-order valence-electron chi connectivity index (χ3n) is 4.29. The van der Waals surface area contributed by atoms with Crippen molar-refractivity contribution in [2.24, 2.45) is 0 Å². The first-order valence-electron chi connectivity index (χ1n) is 6.92. The molecular formula is C18H18O3. The zero-order chi connectivity index (χ0) is 15.2. The standard InChI is InChI=1S/C18H18O3/c1-18(2)11-7-5-9-13(20-3)15(11)17(19)16-12(18)8-6-10-14(16)21-4/h5-10H,1-4H3. The van der Waals surface area contributed by atoms with Crippen molar-refractivity contribution >= 4 is 5.78 Å². The number of hydrogen-bond acceptors (Lipinski definition) is 3. The highest BCUT2D eigenvalue weighted by Gasteiger charge is 2.40. The van der Waals surface area contributed by atoms with Crippen molar-refractivity contribution in [1.29, 1.82) is 0 Å². The van der Waals surface area contributed by atoms with E-state index >= 15 is 0 Å². The van der Waals surface area contributed by atoms with Crippen LogP contribution in [-0.4, -0.2) is 20.0 Å². The molecule has 0 bridgehead atoms. The predicted molar refractivity (Wildman–Crippen MR) is 81.5 cm³/mol. The molecule has 0 aliphatic heterocycles. The molecule has 0 spiro atoms. The van der Waals surface area contributed by atoms with E-state index in [1.165, 1.54) is 0 Å². The second kappa shape index (κ2) is 4.62. The summed E-state index contributed by atoms with van der Waals surface area (Å²) < 4.78 is 10.8. The molecule has 1 aliphatic carbocycles. The zero-order valence-electron chi connectivity index (χ0n) is 12.7. The van der Waals surface area contributed by atoms with Crippen molar-refractivity contribution in [3.05, 3.63) is 58.7 Å². The van der Waals surface area contributed by atoms with E-state index < -0.39 is 0 Å². The van der Waals surface area contributed by atoms with Gasteiger partial charge in [0.05, 0.1) is 25.3 Å². The molecule has 2 aromatic rings. The van der Waals surface area contributed by atoms with E-state index in [2.05, 4.69) is 13.8 Å². The predicted octanol–water partition coefficient (Wildman–Crippen LogP) is 3.57. The highest BCUT2D eigenvalue weighted by Crippen LogP contribution is 2.46. The number of hydrogen-bond donors (Lipinski definition) is 0. The van der Waals surface area contributed by atoms with E-state index in [0.29, 0.717) is 22.6 Å². The minimum Gasteiger partial charge on any atom is -0.496 e. The molecule has 3 heteroatoms. The molecule has 3 rings (SSSR count). The average molecular weight is 282 g/mol. The lowest BCUT2D eigenvalue weighted by Crippen LogP contribution is -2.31. The Labute approximate surface area is 124 Å². The van der Waals surface area contributed by atoms with Gasteiger partial charge in [-0.25, -0.2) is 0 Å². The highest BCUT2D eigenvalue weighted by atomic mass is 16.5. The fourth-order valence-electron chi connectivity index (χ4n) is 3.18. The maximum absolute atomic E-state index is 13.0. The van der Waals surface area contributed by atoms with Crippen LogP contribution in [-0.2, 0) is 5.41 Å². The van der Waals surface area contributed by atoms with Gasteiger partial charge >= 0.3 is 0 Å². The SMILES string of the molecule is COc1cccc2c1C(=O)c1c(OC)cccc1C2(C)C. The minimum absolute atomic E-state index is 0.0331. The van der Waals surface area contributed by atoms with E-state index in [-0.39, 0.29) is 11.2 Å². The minimum atomic E-state index is -0.276. The Hall–Kier alpha value is -2.29. The van der Waals surface area contributed by atoms with E-state index in [0.717, 1.165) is 11.1 Å². The van der Waals surface area contributed by atoms with Gasteiger partial charge in [-0.3, -0.25) is 4.79 Å². The fraction of sp³-hybridized carbons (Fsp3) is 0.278. The summed E-state index contributed by atoms with van der Waals surface area (Å²) in [6.45, 7) is 4.24. The lowest BCUT2D eigenvalue weighted by atomic mass is 9.68. The van der Waals surface area contributed by atoms with Crippen molar-refractivity contribution in [3.63, 3.8) is 0 Å². The van der Waals surface area contributed by atoms with Crippen molar-refractivity contribution in [3.8, 4) is 11.5 Å². The molecule has 0 saturated carbocycles. The Kier molecular flexibility index (Phi) is 3.01. The molecule has 0 aromatic heterocycles. The van der Waals surface area contributed by atoms with E-state index in [4.69, 9.17) is 9.47 Å². The molecule has 108 valence electrons. The van der Waals surface area contributed by atoms with Crippen LogP contribution < -0.4 is 9.47 Å². The van der Waals surface area contributed by atoms with Crippen LogP contribution >= 0.6 is 0 Å². The summed E-state index contributed by atoms with van der Waals surface area (Å²) in [5.74, 6) is 1.19. The zero-order valence-corrected chi connectivity index (χ0v) is 12.7. The van der Waals surface area contributed by atoms with Crippen LogP contribution in [0.15, 0.2) is 36.4 Å². The smallest absolute Gasteiger partial charge is 0.201 e. The van der Waals surface area contributed by atoms with Crippen LogP contribution in [0.5, 0.6) is 11.5 Å². The summed E-state index contributed by atoms with van der Waals surface area (Å²) in [5.41, 5.74) is 2.99. The van der Waals surface area contributed by atoms with Crippen molar-refractivity contribution in [1.82, 2.24) is 0 Å². The number of ether oxygens (including phenoxy) is 2. The number of carbonyl (C=O) groups is 1. The van der Waals surface area contributed by atoms with Gasteiger partial charge in [-0.2, -0.15) is 0 Å². The van der Waals surface area contributed by atoms with Crippen LogP contribution in [0.2, 0.25) is 0 Å².